The smallest absolute Gasteiger partial charge is 0.201 e. The van der Waals surface area contributed by atoms with Gasteiger partial charge in [0, 0.05) is 17.5 Å². The molecule has 0 bridgehead atoms. The first kappa shape index (κ1) is 14.4. The Hall–Kier alpha value is -2.59. The minimum absolute atomic E-state index is 0.0449. The van der Waals surface area contributed by atoms with Crippen molar-refractivity contribution in [2.24, 2.45) is 0 Å². The number of phenolic OH excluding ortho intramolecular Hbond substituents is 2. The SMILES string of the molecule is C/C=C/CC1(O)c2cccc(O)c2C(=O)c2c(O)cccc21. The van der Waals surface area contributed by atoms with Gasteiger partial charge in [0.1, 0.15) is 17.1 Å². The number of allylic oxidation sites excluding steroid dienone is 1. The second-order valence-electron chi connectivity index (χ2n) is 5.36. The maximum atomic E-state index is 12.7. The van der Waals surface area contributed by atoms with Crippen molar-refractivity contribution in [3.63, 3.8) is 0 Å². The fraction of sp³-hybridized carbons (Fsp3) is 0.167. The second-order valence-corrected chi connectivity index (χ2v) is 5.36. The Morgan fingerprint density at radius 1 is 1.00 bits per heavy atom. The molecule has 0 radical (unpaired) electrons. The van der Waals surface area contributed by atoms with E-state index in [-0.39, 0.29) is 29.0 Å². The third-order valence-corrected chi connectivity index (χ3v) is 4.08. The van der Waals surface area contributed by atoms with Crippen molar-refractivity contribution >= 4 is 5.78 Å². The van der Waals surface area contributed by atoms with Crippen LogP contribution in [0.1, 0.15) is 40.4 Å². The summed E-state index contributed by atoms with van der Waals surface area (Å²) in [5.41, 5.74) is -0.669. The first-order chi connectivity index (χ1) is 10.5. The normalized spacial score (nSPS) is 15.6. The molecule has 1 aliphatic carbocycles. The Balaban J connectivity index is 2.38. The highest BCUT2D eigenvalue weighted by Crippen LogP contribution is 2.46. The number of ketones is 1. The lowest BCUT2D eigenvalue weighted by Crippen LogP contribution is -2.35. The van der Waals surface area contributed by atoms with E-state index in [4.69, 9.17) is 0 Å². The third-order valence-electron chi connectivity index (χ3n) is 4.08. The molecule has 0 saturated carbocycles. The van der Waals surface area contributed by atoms with E-state index in [9.17, 15) is 20.1 Å². The number of hydrogen-bond acceptors (Lipinski definition) is 4. The number of hydrogen-bond donors (Lipinski definition) is 3. The summed E-state index contributed by atoms with van der Waals surface area (Å²) in [5.74, 6) is -0.878. The molecule has 4 heteroatoms. The number of benzene rings is 2. The van der Waals surface area contributed by atoms with Crippen molar-refractivity contribution in [2.75, 3.05) is 0 Å². The van der Waals surface area contributed by atoms with Crippen LogP contribution in [0.3, 0.4) is 0 Å². The van der Waals surface area contributed by atoms with Gasteiger partial charge in [-0.05, 0) is 19.1 Å². The summed E-state index contributed by atoms with van der Waals surface area (Å²) in [6, 6.07) is 9.24. The number of carbonyl (C=O) groups is 1. The molecule has 0 spiro atoms. The van der Waals surface area contributed by atoms with E-state index in [2.05, 4.69) is 0 Å². The Morgan fingerprint density at radius 2 is 1.50 bits per heavy atom. The number of carbonyl (C=O) groups excluding carboxylic acids is 1. The van der Waals surface area contributed by atoms with Gasteiger partial charge < -0.3 is 15.3 Å². The van der Waals surface area contributed by atoms with Gasteiger partial charge >= 0.3 is 0 Å². The highest BCUT2D eigenvalue weighted by atomic mass is 16.3. The first-order valence-electron chi connectivity index (χ1n) is 7.04. The van der Waals surface area contributed by atoms with E-state index in [0.717, 1.165) is 0 Å². The van der Waals surface area contributed by atoms with Gasteiger partial charge in [0.25, 0.3) is 0 Å². The molecule has 4 nitrogen and oxygen atoms in total. The molecule has 0 saturated heterocycles. The number of fused-ring (bicyclic) bond motifs is 2. The van der Waals surface area contributed by atoms with E-state index in [0.29, 0.717) is 11.1 Å². The second kappa shape index (κ2) is 5.00. The standard InChI is InChI=1S/C18H16O4/c1-2-3-10-18(22)11-6-4-8-13(19)15(11)17(21)16-12(18)7-5-9-14(16)20/h2-9,19-20,22H,10H2,1H3/b3-2+. The summed E-state index contributed by atoms with van der Waals surface area (Å²) in [5, 5.41) is 31.4. The van der Waals surface area contributed by atoms with Crippen molar-refractivity contribution in [3.05, 3.63) is 70.8 Å². The highest BCUT2D eigenvalue weighted by molar-refractivity contribution is 6.16. The lowest BCUT2D eigenvalue weighted by Gasteiger charge is -2.35. The summed E-state index contributed by atoms with van der Waals surface area (Å²) >= 11 is 0. The van der Waals surface area contributed by atoms with Crippen molar-refractivity contribution in [3.8, 4) is 11.5 Å². The van der Waals surface area contributed by atoms with Gasteiger partial charge in [0.2, 0.25) is 5.78 Å². The molecule has 22 heavy (non-hydrogen) atoms. The molecule has 0 unspecified atom stereocenters. The predicted molar refractivity (Wildman–Crippen MR) is 82.1 cm³/mol. The number of rotatable bonds is 2. The molecule has 112 valence electrons. The van der Waals surface area contributed by atoms with Crippen molar-refractivity contribution in [1.82, 2.24) is 0 Å². The van der Waals surface area contributed by atoms with Crippen LogP contribution in [0.2, 0.25) is 0 Å². The minimum Gasteiger partial charge on any atom is -0.507 e. The molecular weight excluding hydrogens is 280 g/mol. The molecule has 0 heterocycles. The van der Waals surface area contributed by atoms with E-state index in [1.165, 1.54) is 12.1 Å². The number of phenols is 2. The fourth-order valence-electron chi connectivity index (χ4n) is 3.03. The summed E-state index contributed by atoms with van der Waals surface area (Å²) in [6.07, 6.45) is 3.83. The first-order valence-corrected chi connectivity index (χ1v) is 7.04. The zero-order valence-electron chi connectivity index (χ0n) is 12.1. The molecule has 0 atom stereocenters. The quantitative estimate of drug-likeness (QED) is 0.745. The average Bonchev–Trinajstić information content (AvgIpc) is 2.50. The van der Waals surface area contributed by atoms with Crippen molar-refractivity contribution in [2.45, 2.75) is 18.9 Å². The van der Waals surface area contributed by atoms with Crippen LogP contribution < -0.4 is 0 Å². The zero-order chi connectivity index (χ0) is 15.9. The minimum atomic E-state index is -1.47. The van der Waals surface area contributed by atoms with Crippen LogP contribution in [-0.2, 0) is 5.60 Å². The van der Waals surface area contributed by atoms with Gasteiger partial charge in [-0.25, -0.2) is 0 Å². The van der Waals surface area contributed by atoms with Crippen molar-refractivity contribution < 1.29 is 20.1 Å². The number of aliphatic hydroxyl groups is 1. The lowest BCUT2D eigenvalue weighted by atomic mass is 9.72. The molecule has 2 aromatic carbocycles. The van der Waals surface area contributed by atoms with Gasteiger partial charge in [-0.15, -0.1) is 0 Å². The summed E-state index contributed by atoms with van der Waals surface area (Å²) in [7, 11) is 0. The summed E-state index contributed by atoms with van der Waals surface area (Å²) in [4.78, 5) is 12.7. The largest absolute Gasteiger partial charge is 0.507 e. The lowest BCUT2D eigenvalue weighted by molar-refractivity contribution is 0.0734. The molecule has 1 aliphatic rings. The van der Waals surface area contributed by atoms with Gasteiger partial charge in [-0.2, -0.15) is 0 Å². The van der Waals surface area contributed by atoms with Crippen LogP contribution in [0.4, 0.5) is 0 Å². The Morgan fingerprint density at radius 3 is 1.95 bits per heavy atom. The predicted octanol–water partition coefficient (Wildman–Crippen LogP) is 2.84. The Bertz CT molecular complexity index is 734. The Labute approximate surface area is 128 Å². The van der Waals surface area contributed by atoms with Crippen LogP contribution in [0, 0.1) is 0 Å². The van der Waals surface area contributed by atoms with Crippen LogP contribution in [-0.4, -0.2) is 21.1 Å². The molecule has 2 aromatic rings. The van der Waals surface area contributed by atoms with E-state index in [1.807, 2.05) is 6.92 Å². The molecule has 0 fully saturated rings. The molecular formula is C18H16O4. The van der Waals surface area contributed by atoms with Gasteiger partial charge in [-0.1, -0.05) is 36.4 Å². The average molecular weight is 296 g/mol. The van der Waals surface area contributed by atoms with Crippen LogP contribution in [0.5, 0.6) is 11.5 Å². The van der Waals surface area contributed by atoms with Crippen molar-refractivity contribution in [1.29, 1.82) is 0 Å². The zero-order valence-corrected chi connectivity index (χ0v) is 12.1. The van der Waals surface area contributed by atoms with Crippen LogP contribution in [0.25, 0.3) is 0 Å². The molecule has 0 aromatic heterocycles. The summed E-state index contributed by atoms with van der Waals surface area (Å²) in [6.45, 7) is 1.84. The van der Waals surface area contributed by atoms with Crippen LogP contribution >= 0.6 is 0 Å². The highest BCUT2D eigenvalue weighted by Gasteiger charge is 2.43. The third kappa shape index (κ3) is 1.84. The molecule has 3 N–H and O–H groups in total. The van der Waals surface area contributed by atoms with E-state index >= 15 is 0 Å². The van der Waals surface area contributed by atoms with E-state index in [1.54, 1.807) is 36.4 Å². The maximum absolute atomic E-state index is 12.7. The van der Waals surface area contributed by atoms with Gasteiger partial charge in [-0.3, -0.25) is 4.79 Å². The monoisotopic (exact) mass is 296 g/mol. The van der Waals surface area contributed by atoms with Crippen LogP contribution in [0.15, 0.2) is 48.6 Å². The fourth-order valence-corrected chi connectivity index (χ4v) is 3.03. The molecule has 0 amide bonds. The summed E-state index contributed by atoms with van der Waals surface area (Å²) < 4.78 is 0. The van der Waals surface area contributed by atoms with Gasteiger partial charge in [0.05, 0.1) is 11.1 Å². The number of aromatic hydroxyl groups is 2. The maximum Gasteiger partial charge on any atom is 0.201 e. The van der Waals surface area contributed by atoms with Gasteiger partial charge in [0.15, 0.2) is 0 Å². The topological polar surface area (TPSA) is 77.8 Å². The molecule has 3 rings (SSSR count). The Kier molecular flexibility index (Phi) is 3.26. The molecule has 0 aliphatic heterocycles. The van der Waals surface area contributed by atoms with E-state index < -0.39 is 11.4 Å².